The molecule has 0 heterocycles. The summed E-state index contributed by atoms with van der Waals surface area (Å²) in [5, 5.41) is 24.5. The Hall–Kier alpha value is -1.43. The van der Waals surface area contributed by atoms with Crippen LogP contribution < -0.4 is 0 Å². The zero-order valence-electron chi connectivity index (χ0n) is 8.33. The van der Waals surface area contributed by atoms with Gasteiger partial charge in [-0.3, -0.25) is 0 Å². The van der Waals surface area contributed by atoms with E-state index in [0.717, 1.165) is 0 Å². The van der Waals surface area contributed by atoms with E-state index in [9.17, 15) is 4.79 Å². The minimum absolute atomic E-state index is 0.331. The molecule has 0 saturated carbocycles. The molecule has 0 fully saturated rings. The molecule has 3 N–H and O–H groups in total. The second-order valence-corrected chi connectivity index (χ2v) is 2.54. The highest BCUT2D eigenvalue weighted by Crippen LogP contribution is 1.96. The zero-order chi connectivity index (χ0) is 11.7. The van der Waals surface area contributed by atoms with Gasteiger partial charge in [0.2, 0.25) is 0 Å². The number of benzene rings is 1. The fraction of sp³-hybridized carbons (Fsp3) is 0.300. The fourth-order valence-corrected chi connectivity index (χ4v) is 0.655. The summed E-state index contributed by atoms with van der Waals surface area (Å²) in [6, 6.07) is 8.30. The van der Waals surface area contributed by atoms with Crippen molar-refractivity contribution in [2.75, 3.05) is 13.7 Å². The highest BCUT2D eigenvalue weighted by atomic mass is 16.6. The maximum absolute atomic E-state index is 10.2. The van der Waals surface area contributed by atoms with Crippen LogP contribution in [0.2, 0.25) is 0 Å². The molecule has 0 aliphatic carbocycles. The summed E-state index contributed by atoms with van der Waals surface area (Å²) in [5.74, 6) is -0.879. The van der Waals surface area contributed by atoms with Crippen molar-refractivity contribution >= 4 is 5.97 Å². The lowest BCUT2D eigenvalue weighted by molar-refractivity contribution is -0.102. The largest absolute Gasteiger partial charge is 0.478 e. The summed E-state index contributed by atoms with van der Waals surface area (Å²) in [6.07, 6.45) is -1.01. The molecule has 5 nitrogen and oxygen atoms in total. The van der Waals surface area contributed by atoms with Crippen molar-refractivity contribution in [1.29, 1.82) is 0 Å². The Kier molecular flexibility index (Phi) is 7.17. The molecule has 0 aromatic heterocycles. The third-order valence-electron chi connectivity index (χ3n) is 1.45. The van der Waals surface area contributed by atoms with Gasteiger partial charge in [-0.05, 0) is 12.1 Å². The van der Waals surface area contributed by atoms with Crippen molar-refractivity contribution < 1.29 is 24.9 Å². The number of aromatic carboxylic acids is 1. The molecule has 0 spiro atoms. The summed E-state index contributed by atoms with van der Waals surface area (Å²) in [5.41, 5.74) is 0.331. The quantitative estimate of drug-likeness (QED) is 0.631. The number of rotatable bonds is 3. The predicted molar refractivity (Wildman–Crippen MR) is 53.5 cm³/mol. The van der Waals surface area contributed by atoms with Crippen LogP contribution in [0.25, 0.3) is 0 Å². The van der Waals surface area contributed by atoms with Crippen molar-refractivity contribution in [2.24, 2.45) is 0 Å². The molecule has 1 atom stereocenters. The van der Waals surface area contributed by atoms with E-state index in [1.54, 1.807) is 30.3 Å². The molecule has 1 rings (SSSR count). The molecule has 0 amide bonds. The second-order valence-electron chi connectivity index (χ2n) is 2.54. The van der Waals surface area contributed by atoms with Gasteiger partial charge in [-0.2, -0.15) is 0 Å². The standard InChI is InChI=1S/C7H6O2.C3H8O3/c8-7(9)6-4-2-1-3-5-6;1-6-3(5)2-4/h1-5H,(H,8,9);3-5H,2H2,1H3. The van der Waals surface area contributed by atoms with Gasteiger partial charge in [0.05, 0.1) is 12.2 Å². The molecule has 15 heavy (non-hydrogen) atoms. The van der Waals surface area contributed by atoms with Gasteiger partial charge in [0.1, 0.15) is 0 Å². The van der Waals surface area contributed by atoms with Gasteiger partial charge >= 0.3 is 5.97 Å². The van der Waals surface area contributed by atoms with Crippen LogP contribution in [0.15, 0.2) is 30.3 Å². The van der Waals surface area contributed by atoms with Crippen LogP contribution in [0.4, 0.5) is 0 Å². The molecule has 1 aromatic rings. The van der Waals surface area contributed by atoms with E-state index in [2.05, 4.69) is 4.74 Å². The Labute approximate surface area is 87.6 Å². The maximum atomic E-state index is 10.2. The lowest BCUT2D eigenvalue weighted by Crippen LogP contribution is -2.12. The molecule has 5 heteroatoms. The van der Waals surface area contributed by atoms with Crippen LogP contribution in [0.1, 0.15) is 10.4 Å². The van der Waals surface area contributed by atoms with Gasteiger partial charge in [0, 0.05) is 7.11 Å². The number of carboxylic acid groups (broad SMARTS) is 1. The van der Waals surface area contributed by atoms with Crippen LogP contribution >= 0.6 is 0 Å². The van der Waals surface area contributed by atoms with Gasteiger partial charge < -0.3 is 20.1 Å². The van der Waals surface area contributed by atoms with E-state index in [1.807, 2.05) is 0 Å². The molecule has 0 bridgehead atoms. The normalized spacial score (nSPS) is 11.1. The lowest BCUT2D eigenvalue weighted by Gasteiger charge is -1.99. The SMILES string of the molecule is COC(O)CO.O=C(O)c1ccccc1. The monoisotopic (exact) mass is 214 g/mol. The Balaban J connectivity index is 0.000000288. The van der Waals surface area contributed by atoms with Gasteiger partial charge in [0.15, 0.2) is 6.29 Å². The highest BCUT2D eigenvalue weighted by Gasteiger charge is 1.96. The third-order valence-corrected chi connectivity index (χ3v) is 1.45. The minimum atomic E-state index is -1.01. The topological polar surface area (TPSA) is 87.0 Å². The van der Waals surface area contributed by atoms with Crippen molar-refractivity contribution in [3.63, 3.8) is 0 Å². The van der Waals surface area contributed by atoms with Crippen LogP contribution in [0.5, 0.6) is 0 Å². The summed E-state index contributed by atoms with van der Waals surface area (Å²) in [4.78, 5) is 10.2. The number of carboxylic acids is 1. The zero-order valence-corrected chi connectivity index (χ0v) is 8.33. The second kappa shape index (κ2) is 7.93. The Bertz CT molecular complexity index is 268. The summed E-state index contributed by atoms with van der Waals surface area (Å²) < 4.78 is 4.20. The summed E-state index contributed by atoms with van der Waals surface area (Å²) in [7, 11) is 1.32. The first-order valence-electron chi connectivity index (χ1n) is 4.22. The minimum Gasteiger partial charge on any atom is -0.478 e. The molecule has 0 saturated heterocycles. The van der Waals surface area contributed by atoms with Crippen molar-refractivity contribution in [3.8, 4) is 0 Å². The number of methoxy groups -OCH3 is 1. The van der Waals surface area contributed by atoms with E-state index in [0.29, 0.717) is 5.56 Å². The number of hydrogen-bond donors (Lipinski definition) is 3. The molecule has 1 unspecified atom stereocenters. The van der Waals surface area contributed by atoms with Gasteiger partial charge in [-0.15, -0.1) is 0 Å². The summed E-state index contributed by atoms with van der Waals surface area (Å²) in [6.45, 7) is -0.337. The van der Waals surface area contributed by atoms with Crippen LogP contribution in [0, 0.1) is 0 Å². The first kappa shape index (κ1) is 13.6. The highest BCUT2D eigenvalue weighted by molar-refractivity contribution is 5.87. The number of carbonyl (C=O) groups is 1. The number of aliphatic hydroxyl groups is 2. The van der Waals surface area contributed by atoms with E-state index in [4.69, 9.17) is 15.3 Å². The molecule has 0 aliphatic heterocycles. The van der Waals surface area contributed by atoms with Gasteiger partial charge in [-0.25, -0.2) is 4.79 Å². The molecule has 0 radical (unpaired) electrons. The fourth-order valence-electron chi connectivity index (χ4n) is 0.655. The molecule has 0 aliphatic rings. The third kappa shape index (κ3) is 6.62. The maximum Gasteiger partial charge on any atom is 0.335 e. The van der Waals surface area contributed by atoms with E-state index in [1.165, 1.54) is 7.11 Å². The molecular formula is C10H14O5. The van der Waals surface area contributed by atoms with Crippen molar-refractivity contribution in [1.82, 2.24) is 0 Å². The summed E-state index contributed by atoms with van der Waals surface area (Å²) >= 11 is 0. The average Bonchev–Trinajstić information content (AvgIpc) is 2.30. The number of aliphatic hydroxyl groups excluding tert-OH is 2. The first-order valence-corrected chi connectivity index (χ1v) is 4.22. The predicted octanol–water partition coefficient (Wildman–Crippen LogP) is 0.328. The molecule has 1 aromatic carbocycles. The van der Waals surface area contributed by atoms with E-state index >= 15 is 0 Å². The first-order chi connectivity index (χ1) is 7.11. The van der Waals surface area contributed by atoms with Crippen molar-refractivity contribution in [3.05, 3.63) is 35.9 Å². The lowest BCUT2D eigenvalue weighted by atomic mass is 10.2. The van der Waals surface area contributed by atoms with Crippen LogP contribution in [-0.2, 0) is 4.74 Å². The molecule has 84 valence electrons. The Morgan fingerprint density at radius 2 is 1.93 bits per heavy atom. The van der Waals surface area contributed by atoms with Crippen LogP contribution in [0.3, 0.4) is 0 Å². The van der Waals surface area contributed by atoms with Gasteiger partial charge in [-0.1, -0.05) is 18.2 Å². The number of ether oxygens (including phenoxy) is 1. The molecular weight excluding hydrogens is 200 g/mol. The number of hydrogen-bond acceptors (Lipinski definition) is 4. The average molecular weight is 214 g/mol. The Morgan fingerprint density at radius 3 is 2.13 bits per heavy atom. The Morgan fingerprint density at radius 1 is 1.40 bits per heavy atom. The van der Waals surface area contributed by atoms with Crippen molar-refractivity contribution in [2.45, 2.75) is 6.29 Å². The smallest absolute Gasteiger partial charge is 0.335 e. The van der Waals surface area contributed by atoms with Crippen LogP contribution in [-0.4, -0.2) is 41.3 Å². The van der Waals surface area contributed by atoms with E-state index in [-0.39, 0.29) is 6.61 Å². The van der Waals surface area contributed by atoms with E-state index < -0.39 is 12.3 Å². The van der Waals surface area contributed by atoms with Gasteiger partial charge in [0.25, 0.3) is 0 Å².